The molecule has 0 aliphatic carbocycles. The second kappa shape index (κ2) is 3.03. The molecule has 2 heterocycles. The molecule has 4 N–H and O–H groups in total. The molecule has 3 aromatic rings. The third kappa shape index (κ3) is 1.22. The average Bonchev–Trinajstić information content (AvgIpc) is 2.82. The number of hydrogen-bond donors (Lipinski definition) is 3. The van der Waals surface area contributed by atoms with Gasteiger partial charge in [0.1, 0.15) is 17.0 Å². The molecule has 0 atom stereocenters. The Bertz CT molecular complexity index is 654. The summed E-state index contributed by atoms with van der Waals surface area (Å²) in [5.74, 6) is 0.779. The highest BCUT2D eigenvalue weighted by atomic mass is 16.3. The Morgan fingerprint density at radius 2 is 2.19 bits per heavy atom. The van der Waals surface area contributed by atoms with E-state index in [-0.39, 0.29) is 5.75 Å². The standard InChI is InChI=1S/C11H9N3O2/c12-8-5-13-14-11(8)10-3-6-1-2-7(15)4-9(6)16-10/h1-5,15H,12H2,(H,13,14). The van der Waals surface area contributed by atoms with Gasteiger partial charge in [0.25, 0.3) is 0 Å². The molecule has 0 radical (unpaired) electrons. The Hall–Kier alpha value is -2.43. The Balaban J connectivity index is 2.23. The lowest BCUT2D eigenvalue weighted by Crippen LogP contribution is -1.84. The molecule has 0 bridgehead atoms. The molecule has 5 nitrogen and oxygen atoms in total. The Morgan fingerprint density at radius 3 is 2.94 bits per heavy atom. The van der Waals surface area contributed by atoms with Gasteiger partial charge in [-0.05, 0) is 18.2 Å². The SMILES string of the molecule is Nc1cn[nH]c1-c1cc2ccc(O)cc2o1. The number of nitrogens with zero attached hydrogens (tertiary/aromatic N) is 1. The highest BCUT2D eigenvalue weighted by Crippen LogP contribution is 2.31. The smallest absolute Gasteiger partial charge is 0.155 e. The fourth-order valence-electron chi connectivity index (χ4n) is 1.64. The summed E-state index contributed by atoms with van der Waals surface area (Å²) in [5.41, 5.74) is 7.52. The van der Waals surface area contributed by atoms with Crippen LogP contribution in [0.3, 0.4) is 0 Å². The van der Waals surface area contributed by atoms with Gasteiger partial charge in [-0.3, -0.25) is 5.10 Å². The van der Waals surface area contributed by atoms with Crippen LogP contribution in [0, 0.1) is 0 Å². The van der Waals surface area contributed by atoms with E-state index >= 15 is 0 Å². The van der Waals surface area contributed by atoms with E-state index in [0.29, 0.717) is 22.7 Å². The van der Waals surface area contributed by atoms with E-state index in [1.54, 1.807) is 18.2 Å². The number of furan rings is 1. The maximum atomic E-state index is 9.32. The fraction of sp³-hybridized carbons (Fsp3) is 0. The fourth-order valence-corrected chi connectivity index (χ4v) is 1.64. The molecule has 5 heteroatoms. The number of nitrogens with two attached hydrogens (primary N) is 1. The highest BCUT2D eigenvalue weighted by molar-refractivity contribution is 5.85. The number of hydrogen-bond acceptors (Lipinski definition) is 4. The van der Waals surface area contributed by atoms with Crippen LogP contribution in [-0.2, 0) is 0 Å². The number of benzene rings is 1. The molecular weight excluding hydrogens is 206 g/mol. The Kier molecular flexibility index (Phi) is 1.67. The second-order valence-electron chi connectivity index (χ2n) is 3.53. The molecule has 0 aliphatic rings. The van der Waals surface area contributed by atoms with Crippen molar-refractivity contribution in [3.05, 3.63) is 30.5 Å². The molecule has 0 aliphatic heterocycles. The number of nitrogens with one attached hydrogen (secondary N) is 1. The second-order valence-corrected chi connectivity index (χ2v) is 3.53. The van der Waals surface area contributed by atoms with Crippen molar-refractivity contribution < 1.29 is 9.52 Å². The predicted octanol–water partition coefficient (Wildman–Crippen LogP) is 2.11. The van der Waals surface area contributed by atoms with Gasteiger partial charge in [-0.15, -0.1) is 0 Å². The number of H-pyrrole nitrogens is 1. The lowest BCUT2D eigenvalue weighted by molar-refractivity contribution is 0.474. The lowest BCUT2D eigenvalue weighted by Gasteiger charge is -1.92. The minimum absolute atomic E-state index is 0.172. The predicted molar refractivity (Wildman–Crippen MR) is 59.9 cm³/mol. The van der Waals surface area contributed by atoms with Crippen LogP contribution in [0.25, 0.3) is 22.4 Å². The van der Waals surface area contributed by atoms with Gasteiger partial charge in [-0.25, -0.2) is 0 Å². The topological polar surface area (TPSA) is 88.1 Å². The van der Waals surface area contributed by atoms with Crippen molar-refractivity contribution in [2.75, 3.05) is 5.73 Å². The molecule has 2 aromatic heterocycles. The first-order chi connectivity index (χ1) is 7.74. The summed E-state index contributed by atoms with van der Waals surface area (Å²) in [7, 11) is 0. The van der Waals surface area contributed by atoms with Gasteiger partial charge in [-0.2, -0.15) is 5.10 Å². The molecule has 1 aromatic carbocycles. The molecule has 0 amide bonds. The number of aromatic amines is 1. The number of nitrogen functional groups attached to an aromatic ring is 1. The van der Waals surface area contributed by atoms with E-state index in [2.05, 4.69) is 10.2 Å². The van der Waals surface area contributed by atoms with Crippen molar-refractivity contribution in [3.8, 4) is 17.2 Å². The van der Waals surface area contributed by atoms with Gasteiger partial charge in [0.15, 0.2) is 5.76 Å². The van der Waals surface area contributed by atoms with Crippen molar-refractivity contribution in [2.45, 2.75) is 0 Å². The van der Waals surface area contributed by atoms with Crippen LogP contribution in [0.15, 0.2) is 34.9 Å². The molecule has 0 saturated heterocycles. The monoisotopic (exact) mass is 215 g/mol. The van der Waals surface area contributed by atoms with E-state index in [4.69, 9.17) is 10.2 Å². The van der Waals surface area contributed by atoms with Crippen LogP contribution in [0.2, 0.25) is 0 Å². The summed E-state index contributed by atoms with van der Waals surface area (Å²) in [5, 5.41) is 16.8. The van der Waals surface area contributed by atoms with Crippen molar-refractivity contribution in [3.63, 3.8) is 0 Å². The van der Waals surface area contributed by atoms with Crippen LogP contribution in [0.4, 0.5) is 5.69 Å². The minimum atomic E-state index is 0.172. The summed E-state index contributed by atoms with van der Waals surface area (Å²) < 4.78 is 5.56. The van der Waals surface area contributed by atoms with E-state index in [0.717, 1.165) is 5.39 Å². The zero-order valence-electron chi connectivity index (χ0n) is 8.27. The van der Waals surface area contributed by atoms with E-state index in [1.165, 1.54) is 6.20 Å². The third-order valence-corrected chi connectivity index (χ3v) is 2.42. The molecule has 16 heavy (non-hydrogen) atoms. The van der Waals surface area contributed by atoms with Gasteiger partial charge in [0.05, 0.1) is 11.9 Å². The quantitative estimate of drug-likeness (QED) is 0.580. The first-order valence-electron chi connectivity index (χ1n) is 4.76. The van der Waals surface area contributed by atoms with E-state index in [9.17, 15) is 5.11 Å². The van der Waals surface area contributed by atoms with Gasteiger partial charge in [-0.1, -0.05) is 0 Å². The van der Waals surface area contributed by atoms with Gasteiger partial charge < -0.3 is 15.3 Å². The molecule has 3 rings (SSSR count). The summed E-state index contributed by atoms with van der Waals surface area (Å²) in [6.07, 6.45) is 1.53. The zero-order chi connectivity index (χ0) is 11.1. The van der Waals surface area contributed by atoms with Crippen molar-refractivity contribution >= 4 is 16.7 Å². The molecule has 0 saturated carbocycles. The van der Waals surface area contributed by atoms with Crippen LogP contribution >= 0.6 is 0 Å². The highest BCUT2D eigenvalue weighted by Gasteiger charge is 2.10. The van der Waals surface area contributed by atoms with Crippen LogP contribution in [0.5, 0.6) is 5.75 Å². The maximum absolute atomic E-state index is 9.32. The van der Waals surface area contributed by atoms with Crippen molar-refractivity contribution in [2.24, 2.45) is 0 Å². The number of aromatic nitrogens is 2. The molecule has 0 fully saturated rings. The average molecular weight is 215 g/mol. The normalized spacial score (nSPS) is 11.0. The number of fused-ring (bicyclic) bond motifs is 1. The number of phenolic OH excluding ortho intramolecular Hbond substituents is 1. The third-order valence-electron chi connectivity index (χ3n) is 2.42. The number of anilines is 1. The molecule has 0 spiro atoms. The van der Waals surface area contributed by atoms with E-state index < -0.39 is 0 Å². The van der Waals surface area contributed by atoms with Crippen LogP contribution in [-0.4, -0.2) is 15.3 Å². The summed E-state index contributed by atoms with van der Waals surface area (Å²) in [6.45, 7) is 0. The van der Waals surface area contributed by atoms with Gasteiger partial charge in [0, 0.05) is 11.5 Å². The summed E-state index contributed by atoms with van der Waals surface area (Å²) >= 11 is 0. The number of phenols is 1. The van der Waals surface area contributed by atoms with Gasteiger partial charge in [0.2, 0.25) is 0 Å². The zero-order valence-corrected chi connectivity index (χ0v) is 8.27. The van der Waals surface area contributed by atoms with Gasteiger partial charge >= 0.3 is 0 Å². The first-order valence-corrected chi connectivity index (χ1v) is 4.76. The molecule has 0 unspecified atom stereocenters. The molecule has 80 valence electrons. The Labute approximate surface area is 90.5 Å². The van der Waals surface area contributed by atoms with Crippen molar-refractivity contribution in [1.82, 2.24) is 10.2 Å². The lowest BCUT2D eigenvalue weighted by atomic mass is 10.2. The maximum Gasteiger partial charge on any atom is 0.155 e. The molecular formula is C11H9N3O2. The largest absolute Gasteiger partial charge is 0.508 e. The van der Waals surface area contributed by atoms with Crippen molar-refractivity contribution in [1.29, 1.82) is 0 Å². The first kappa shape index (κ1) is 8.84. The summed E-state index contributed by atoms with van der Waals surface area (Å²) in [4.78, 5) is 0. The van der Waals surface area contributed by atoms with Crippen LogP contribution in [0.1, 0.15) is 0 Å². The van der Waals surface area contributed by atoms with E-state index in [1.807, 2.05) is 6.07 Å². The number of aromatic hydroxyl groups is 1. The number of rotatable bonds is 1. The van der Waals surface area contributed by atoms with Crippen LogP contribution < -0.4 is 5.73 Å². The Morgan fingerprint density at radius 1 is 1.31 bits per heavy atom. The minimum Gasteiger partial charge on any atom is -0.508 e. The summed E-state index contributed by atoms with van der Waals surface area (Å²) in [6, 6.07) is 6.80.